The second-order valence-electron chi connectivity index (χ2n) is 7.80. The van der Waals surface area contributed by atoms with Crippen molar-refractivity contribution < 1.29 is 29.3 Å². The van der Waals surface area contributed by atoms with Crippen LogP contribution in [0.15, 0.2) is 48.5 Å². The first-order valence-corrected chi connectivity index (χ1v) is 12.1. The molecule has 2 atom stereocenters. The van der Waals surface area contributed by atoms with Gasteiger partial charge in [0.15, 0.2) is 0 Å². The summed E-state index contributed by atoms with van der Waals surface area (Å²) in [4.78, 5) is 35.7. The highest BCUT2D eigenvalue weighted by Gasteiger charge is 2.29. The molecule has 8 nitrogen and oxygen atoms in total. The normalized spacial score (nSPS) is 14.0. The number of aliphatic carboxylic acids is 1. The van der Waals surface area contributed by atoms with Crippen molar-refractivity contribution in [3.05, 3.63) is 59.7 Å². The molecule has 0 bridgehead atoms. The second-order valence-corrected chi connectivity index (χ2v) is 8.79. The Morgan fingerprint density at radius 2 is 1.67 bits per heavy atom. The molecule has 0 radical (unpaired) electrons. The second kappa shape index (κ2) is 11.7. The highest BCUT2D eigenvalue weighted by atomic mass is 32.2. The first-order valence-electron chi connectivity index (χ1n) is 10.7. The summed E-state index contributed by atoms with van der Waals surface area (Å²) in [6, 6.07) is 15.2. The van der Waals surface area contributed by atoms with Gasteiger partial charge < -0.3 is 25.6 Å². The molecule has 33 heavy (non-hydrogen) atoms. The molecule has 0 saturated heterocycles. The summed E-state index contributed by atoms with van der Waals surface area (Å²) in [5.74, 6) is -1.12. The lowest BCUT2D eigenvalue weighted by Gasteiger charge is -2.20. The van der Waals surface area contributed by atoms with Gasteiger partial charge >= 0.3 is 12.1 Å². The van der Waals surface area contributed by atoms with Gasteiger partial charge in [0.25, 0.3) is 0 Å². The van der Waals surface area contributed by atoms with Crippen LogP contribution in [0, 0.1) is 0 Å². The summed E-state index contributed by atoms with van der Waals surface area (Å²) < 4.78 is 5.51. The first-order chi connectivity index (χ1) is 15.9. The molecule has 0 aliphatic heterocycles. The van der Waals surface area contributed by atoms with E-state index in [1.165, 1.54) is 11.8 Å². The number of amides is 2. The number of carboxylic acids is 1. The van der Waals surface area contributed by atoms with Gasteiger partial charge in [0, 0.05) is 12.5 Å². The Bertz CT molecular complexity index is 953. The third-order valence-corrected chi connectivity index (χ3v) is 6.13. The number of benzene rings is 2. The Kier molecular flexibility index (Phi) is 8.73. The van der Waals surface area contributed by atoms with Gasteiger partial charge in [-0.2, -0.15) is 11.8 Å². The molecular formula is C24H28N2O6S. The lowest BCUT2D eigenvalue weighted by molar-refractivity contribution is -0.139. The maximum absolute atomic E-state index is 12.5. The van der Waals surface area contributed by atoms with Crippen LogP contribution in [0.4, 0.5) is 4.79 Å². The molecule has 2 aromatic rings. The molecule has 1 unspecified atom stereocenters. The molecule has 0 spiro atoms. The Morgan fingerprint density at radius 1 is 1.06 bits per heavy atom. The predicted octanol–water partition coefficient (Wildman–Crippen LogP) is 2.60. The number of rotatable bonds is 11. The van der Waals surface area contributed by atoms with Gasteiger partial charge in [0.1, 0.15) is 12.6 Å². The quantitative estimate of drug-likeness (QED) is 0.396. The van der Waals surface area contributed by atoms with Crippen LogP contribution in [0.2, 0.25) is 0 Å². The molecule has 4 N–H and O–H groups in total. The zero-order valence-corrected chi connectivity index (χ0v) is 19.1. The SMILES string of the molecule is CSCC[C@H](NC(=O)OCC1c2ccccc2-c2ccccc21)C(=O)NCC(O)CC(=O)O. The molecular weight excluding hydrogens is 444 g/mol. The van der Waals surface area contributed by atoms with E-state index >= 15 is 0 Å². The van der Waals surface area contributed by atoms with Crippen molar-refractivity contribution in [1.82, 2.24) is 10.6 Å². The standard InChI is InChI=1S/C24H28N2O6S/c1-33-11-10-21(23(30)25-13-15(27)12-22(28)29)26-24(31)32-14-20-18-8-4-2-6-16(18)17-7-3-5-9-19(17)20/h2-9,15,20-21,27H,10-14H2,1H3,(H,25,30)(H,26,31)(H,28,29)/t15?,21-/m0/s1. The van der Waals surface area contributed by atoms with Gasteiger partial charge in [0.2, 0.25) is 5.91 Å². The molecule has 0 heterocycles. The van der Waals surface area contributed by atoms with Crippen molar-refractivity contribution in [2.75, 3.05) is 25.2 Å². The fourth-order valence-electron chi connectivity index (χ4n) is 3.90. The Hall–Kier alpha value is -3.04. The van der Waals surface area contributed by atoms with Crippen molar-refractivity contribution >= 4 is 29.7 Å². The predicted molar refractivity (Wildman–Crippen MR) is 126 cm³/mol. The highest BCUT2D eigenvalue weighted by Crippen LogP contribution is 2.44. The number of fused-ring (bicyclic) bond motifs is 3. The average Bonchev–Trinajstić information content (AvgIpc) is 3.12. The lowest BCUT2D eigenvalue weighted by atomic mass is 9.98. The van der Waals surface area contributed by atoms with Crippen LogP contribution in [0.1, 0.15) is 29.9 Å². The average molecular weight is 473 g/mol. The fourth-order valence-corrected chi connectivity index (χ4v) is 4.37. The highest BCUT2D eigenvalue weighted by molar-refractivity contribution is 7.98. The van der Waals surface area contributed by atoms with Crippen molar-refractivity contribution in [2.24, 2.45) is 0 Å². The zero-order valence-electron chi connectivity index (χ0n) is 18.3. The van der Waals surface area contributed by atoms with E-state index in [0.717, 1.165) is 22.3 Å². The van der Waals surface area contributed by atoms with Gasteiger partial charge in [-0.05, 0) is 40.7 Å². The summed E-state index contributed by atoms with van der Waals surface area (Å²) >= 11 is 1.53. The number of carboxylic acid groups (broad SMARTS) is 1. The van der Waals surface area contributed by atoms with E-state index in [0.29, 0.717) is 12.2 Å². The summed E-state index contributed by atoms with van der Waals surface area (Å²) in [5.41, 5.74) is 4.43. The number of thioether (sulfide) groups is 1. The van der Waals surface area contributed by atoms with Gasteiger partial charge in [-0.3, -0.25) is 9.59 Å². The van der Waals surface area contributed by atoms with E-state index in [-0.39, 0.29) is 19.1 Å². The van der Waals surface area contributed by atoms with E-state index in [9.17, 15) is 19.5 Å². The number of carbonyl (C=O) groups excluding carboxylic acids is 2. The molecule has 0 fully saturated rings. The van der Waals surface area contributed by atoms with Crippen LogP contribution in [-0.2, 0) is 14.3 Å². The van der Waals surface area contributed by atoms with Crippen LogP contribution in [-0.4, -0.2) is 65.5 Å². The largest absolute Gasteiger partial charge is 0.481 e. The number of aliphatic hydroxyl groups excluding tert-OH is 1. The fraction of sp³-hybridized carbons (Fsp3) is 0.375. The van der Waals surface area contributed by atoms with E-state index < -0.39 is 36.5 Å². The van der Waals surface area contributed by atoms with Crippen LogP contribution >= 0.6 is 11.8 Å². The Balaban J connectivity index is 1.59. The monoisotopic (exact) mass is 472 g/mol. The summed E-state index contributed by atoms with van der Waals surface area (Å²) in [5, 5.41) is 23.5. The van der Waals surface area contributed by atoms with Crippen LogP contribution in [0.25, 0.3) is 11.1 Å². The van der Waals surface area contributed by atoms with Crippen molar-refractivity contribution in [3.8, 4) is 11.1 Å². The third kappa shape index (κ3) is 6.49. The van der Waals surface area contributed by atoms with Crippen LogP contribution in [0.3, 0.4) is 0 Å². The van der Waals surface area contributed by atoms with Crippen molar-refractivity contribution in [2.45, 2.75) is 30.9 Å². The van der Waals surface area contributed by atoms with Crippen molar-refractivity contribution in [3.63, 3.8) is 0 Å². The van der Waals surface area contributed by atoms with Gasteiger partial charge in [-0.15, -0.1) is 0 Å². The number of alkyl carbamates (subject to hydrolysis) is 1. The molecule has 1 aliphatic carbocycles. The summed E-state index contributed by atoms with van der Waals surface area (Å²) in [6.07, 6.45) is -0.132. The number of nitrogens with one attached hydrogen (secondary N) is 2. The number of aliphatic hydroxyl groups is 1. The maximum Gasteiger partial charge on any atom is 0.407 e. The molecule has 9 heteroatoms. The molecule has 3 rings (SSSR count). The summed E-state index contributed by atoms with van der Waals surface area (Å²) in [6.45, 7) is -0.0820. The van der Waals surface area contributed by atoms with E-state index in [4.69, 9.17) is 9.84 Å². The van der Waals surface area contributed by atoms with Crippen LogP contribution < -0.4 is 10.6 Å². The lowest BCUT2D eigenvalue weighted by Crippen LogP contribution is -2.49. The van der Waals surface area contributed by atoms with Gasteiger partial charge in [-0.25, -0.2) is 4.79 Å². The molecule has 0 aromatic heterocycles. The number of carbonyl (C=O) groups is 3. The smallest absolute Gasteiger partial charge is 0.407 e. The van der Waals surface area contributed by atoms with Crippen molar-refractivity contribution in [1.29, 1.82) is 0 Å². The van der Waals surface area contributed by atoms with E-state index in [1.807, 2.05) is 42.7 Å². The molecule has 1 aliphatic rings. The minimum atomic E-state index is -1.21. The van der Waals surface area contributed by atoms with Gasteiger partial charge in [-0.1, -0.05) is 48.5 Å². The molecule has 0 saturated carbocycles. The summed E-state index contributed by atoms with van der Waals surface area (Å²) in [7, 11) is 0. The Morgan fingerprint density at radius 3 is 2.24 bits per heavy atom. The minimum Gasteiger partial charge on any atom is -0.481 e. The number of hydrogen-bond donors (Lipinski definition) is 4. The third-order valence-electron chi connectivity index (χ3n) is 5.49. The Labute approximate surface area is 196 Å². The minimum absolute atomic E-state index is 0.0900. The molecule has 2 amide bonds. The van der Waals surface area contributed by atoms with Crippen LogP contribution in [0.5, 0.6) is 0 Å². The number of hydrogen-bond acceptors (Lipinski definition) is 6. The number of ether oxygens (including phenoxy) is 1. The van der Waals surface area contributed by atoms with Gasteiger partial charge in [0.05, 0.1) is 12.5 Å². The topological polar surface area (TPSA) is 125 Å². The zero-order chi connectivity index (χ0) is 23.8. The van der Waals surface area contributed by atoms with E-state index in [2.05, 4.69) is 22.8 Å². The molecule has 2 aromatic carbocycles. The molecule has 176 valence electrons. The van der Waals surface area contributed by atoms with E-state index in [1.54, 1.807) is 0 Å². The maximum atomic E-state index is 12.5. The first kappa shape index (κ1) is 24.6.